The average Bonchev–Trinajstić information content (AvgIpc) is 2.15. The van der Waals surface area contributed by atoms with Crippen molar-refractivity contribution in [3.8, 4) is 6.07 Å². The molecule has 0 saturated carbocycles. The highest BCUT2D eigenvalue weighted by Crippen LogP contribution is 2.06. The van der Waals surface area contributed by atoms with Gasteiger partial charge in [-0.1, -0.05) is 0 Å². The average molecular weight is 178 g/mol. The Morgan fingerprint density at radius 1 is 1.77 bits per heavy atom. The van der Waals surface area contributed by atoms with Crippen LogP contribution in [-0.4, -0.2) is 27.8 Å². The molecule has 0 bridgehead atoms. The number of carbonyl (C=O) groups is 1. The first-order valence-corrected chi connectivity index (χ1v) is 3.41. The van der Waals surface area contributed by atoms with Gasteiger partial charge in [0.05, 0.1) is 11.8 Å². The van der Waals surface area contributed by atoms with Gasteiger partial charge in [0.25, 0.3) is 0 Å². The molecule has 1 heterocycles. The maximum absolute atomic E-state index is 10.2. The molecule has 0 amide bonds. The molecule has 0 fully saturated rings. The van der Waals surface area contributed by atoms with E-state index < -0.39 is 5.97 Å². The van der Waals surface area contributed by atoms with Crippen LogP contribution < -0.4 is 5.32 Å². The van der Waals surface area contributed by atoms with E-state index in [1.54, 1.807) is 0 Å². The zero-order chi connectivity index (χ0) is 9.68. The molecule has 13 heavy (non-hydrogen) atoms. The van der Waals surface area contributed by atoms with Crippen molar-refractivity contribution < 1.29 is 9.90 Å². The van der Waals surface area contributed by atoms with Gasteiger partial charge >= 0.3 is 5.97 Å². The predicted molar refractivity (Wildman–Crippen MR) is 42.9 cm³/mol. The van der Waals surface area contributed by atoms with Crippen molar-refractivity contribution in [1.82, 2.24) is 10.2 Å². The minimum atomic E-state index is -1.02. The predicted octanol–water partition coefficient (Wildman–Crippen LogP) is -0.155. The number of nitrogens with one attached hydrogen (secondary N) is 1. The summed E-state index contributed by atoms with van der Waals surface area (Å²) in [5.74, 6) is -0.832. The van der Waals surface area contributed by atoms with E-state index in [-0.39, 0.29) is 17.9 Å². The smallest absolute Gasteiger partial charge is 0.322 e. The second-order valence-corrected chi connectivity index (χ2v) is 2.15. The van der Waals surface area contributed by atoms with Crippen molar-refractivity contribution in [3.05, 3.63) is 17.8 Å². The molecule has 0 spiro atoms. The lowest BCUT2D eigenvalue weighted by Gasteiger charge is -2.01. The van der Waals surface area contributed by atoms with Crippen molar-refractivity contribution in [2.45, 2.75) is 0 Å². The summed E-state index contributed by atoms with van der Waals surface area (Å²) in [4.78, 5) is 10.2. The second kappa shape index (κ2) is 4.01. The molecule has 1 aromatic heterocycles. The third kappa shape index (κ3) is 2.41. The fraction of sp³-hybridized carbons (Fsp3) is 0.143. The first kappa shape index (κ1) is 8.93. The lowest BCUT2D eigenvalue weighted by atomic mass is 10.3. The molecule has 1 aromatic rings. The van der Waals surface area contributed by atoms with Gasteiger partial charge < -0.3 is 10.4 Å². The Bertz CT molecular complexity index is 358. The van der Waals surface area contributed by atoms with Crippen LogP contribution in [0.3, 0.4) is 0 Å². The molecular weight excluding hydrogens is 172 g/mol. The van der Waals surface area contributed by atoms with Crippen LogP contribution in [0.25, 0.3) is 0 Å². The number of rotatable bonds is 3. The number of nitriles is 1. The third-order valence-corrected chi connectivity index (χ3v) is 1.25. The Hall–Kier alpha value is -2.16. The zero-order valence-electron chi connectivity index (χ0n) is 6.56. The van der Waals surface area contributed by atoms with Crippen molar-refractivity contribution in [3.63, 3.8) is 0 Å². The molecule has 0 aliphatic heterocycles. The molecule has 66 valence electrons. The highest BCUT2D eigenvalue weighted by molar-refractivity contribution is 5.72. The first-order chi connectivity index (χ1) is 6.24. The van der Waals surface area contributed by atoms with Crippen LogP contribution in [0.2, 0.25) is 0 Å². The second-order valence-electron chi connectivity index (χ2n) is 2.15. The number of carboxylic acids is 1. The van der Waals surface area contributed by atoms with Gasteiger partial charge in [-0.05, 0) is 6.07 Å². The molecule has 0 atom stereocenters. The third-order valence-electron chi connectivity index (χ3n) is 1.25. The number of aliphatic carboxylic acids is 1. The number of hydrogen-bond donors (Lipinski definition) is 2. The van der Waals surface area contributed by atoms with E-state index in [0.717, 1.165) is 0 Å². The molecule has 1 rings (SSSR count). The van der Waals surface area contributed by atoms with Crippen LogP contribution in [0.15, 0.2) is 12.3 Å². The van der Waals surface area contributed by atoms with Gasteiger partial charge in [-0.3, -0.25) is 4.79 Å². The van der Waals surface area contributed by atoms with E-state index in [9.17, 15) is 4.79 Å². The van der Waals surface area contributed by atoms with E-state index in [1.807, 2.05) is 6.07 Å². The maximum atomic E-state index is 10.2. The van der Waals surface area contributed by atoms with E-state index in [2.05, 4.69) is 15.5 Å². The van der Waals surface area contributed by atoms with E-state index in [1.165, 1.54) is 12.3 Å². The lowest BCUT2D eigenvalue weighted by Crippen LogP contribution is -2.14. The van der Waals surface area contributed by atoms with Crippen molar-refractivity contribution >= 4 is 11.8 Å². The summed E-state index contributed by atoms with van der Waals surface area (Å²) in [5.41, 5.74) is 0.274. The standard InChI is InChI=1S/C7H6N4O2/c8-3-5-1-2-10-11-7(5)9-4-6(12)13/h1-2H,4H2,(H,9,11)(H,12,13). The minimum absolute atomic E-state index is 0.187. The van der Waals surface area contributed by atoms with Crippen LogP contribution in [0.4, 0.5) is 5.82 Å². The summed E-state index contributed by atoms with van der Waals surface area (Å²) in [5, 5.41) is 26.5. The summed E-state index contributed by atoms with van der Waals surface area (Å²) in [7, 11) is 0. The van der Waals surface area contributed by atoms with Crippen molar-refractivity contribution in [1.29, 1.82) is 5.26 Å². The Kier molecular flexibility index (Phi) is 2.76. The lowest BCUT2D eigenvalue weighted by molar-refractivity contribution is -0.134. The van der Waals surface area contributed by atoms with Crippen LogP contribution in [0.5, 0.6) is 0 Å². The van der Waals surface area contributed by atoms with Gasteiger partial charge in [-0.2, -0.15) is 10.4 Å². The molecule has 0 unspecified atom stereocenters. The van der Waals surface area contributed by atoms with E-state index >= 15 is 0 Å². The summed E-state index contributed by atoms with van der Waals surface area (Å²) < 4.78 is 0. The largest absolute Gasteiger partial charge is 0.480 e. The number of anilines is 1. The van der Waals surface area contributed by atoms with Gasteiger partial charge in [-0.15, -0.1) is 5.10 Å². The molecular formula is C7H6N4O2. The van der Waals surface area contributed by atoms with Gasteiger partial charge in [-0.25, -0.2) is 0 Å². The molecule has 0 aliphatic carbocycles. The summed E-state index contributed by atoms with van der Waals surface area (Å²) >= 11 is 0. The Balaban J connectivity index is 2.77. The SMILES string of the molecule is N#Cc1ccnnc1NCC(=O)O. The number of nitrogens with zero attached hydrogens (tertiary/aromatic N) is 3. The van der Waals surface area contributed by atoms with E-state index in [4.69, 9.17) is 10.4 Å². The summed E-state index contributed by atoms with van der Waals surface area (Å²) in [6.45, 7) is -0.284. The van der Waals surface area contributed by atoms with Crippen LogP contribution in [0.1, 0.15) is 5.56 Å². The fourth-order valence-corrected chi connectivity index (χ4v) is 0.712. The number of aromatic nitrogens is 2. The summed E-state index contributed by atoms with van der Waals surface area (Å²) in [6, 6.07) is 3.32. The van der Waals surface area contributed by atoms with Gasteiger partial charge in [0.15, 0.2) is 5.82 Å². The molecule has 0 radical (unpaired) electrons. The Labute approximate surface area is 73.8 Å². The normalized spacial score (nSPS) is 8.85. The van der Waals surface area contributed by atoms with E-state index in [0.29, 0.717) is 0 Å². The van der Waals surface area contributed by atoms with Crippen LogP contribution in [0, 0.1) is 11.3 Å². The van der Waals surface area contributed by atoms with Gasteiger partial charge in [0.1, 0.15) is 12.6 Å². The first-order valence-electron chi connectivity index (χ1n) is 3.41. The highest BCUT2D eigenvalue weighted by atomic mass is 16.4. The molecule has 0 aromatic carbocycles. The number of carboxylic acid groups (broad SMARTS) is 1. The maximum Gasteiger partial charge on any atom is 0.322 e. The van der Waals surface area contributed by atoms with Crippen molar-refractivity contribution in [2.24, 2.45) is 0 Å². The molecule has 6 heteroatoms. The number of hydrogen-bond acceptors (Lipinski definition) is 5. The van der Waals surface area contributed by atoms with Crippen LogP contribution >= 0.6 is 0 Å². The topological polar surface area (TPSA) is 98.9 Å². The Morgan fingerprint density at radius 2 is 2.54 bits per heavy atom. The molecule has 0 aliphatic rings. The van der Waals surface area contributed by atoms with Crippen LogP contribution in [-0.2, 0) is 4.79 Å². The molecule has 6 nitrogen and oxygen atoms in total. The van der Waals surface area contributed by atoms with Gasteiger partial charge in [0.2, 0.25) is 0 Å². The van der Waals surface area contributed by atoms with Crippen molar-refractivity contribution in [2.75, 3.05) is 11.9 Å². The van der Waals surface area contributed by atoms with Gasteiger partial charge in [0, 0.05) is 0 Å². The molecule has 2 N–H and O–H groups in total. The monoisotopic (exact) mass is 178 g/mol. The Morgan fingerprint density at radius 3 is 3.15 bits per heavy atom. The molecule has 0 saturated heterocycles. The summed E-state index contributed by atoms with van der Waals surface area (Å²) in [6.07, 6.45) is 1.37. The zero-order valence-corrected chi connectivity index (χ0v) is 6.56. The highest BCUT2D eigenvalue weighted by Gasteiger charge is 2.03. The quantitative estimate of drug-likeness (QED) is 0.667. The fourth-order valence-electron chi connectivity index (χ4n) is 0.712. The minimum Gasteiger partial charge on any atom is -0.480 e.